The molecule has 1 N–H and O–H groups in total. The molecule has 0 radical (unpaired) electrons. The lowest BCUT2D eigenvalue weighted by atomic mass is 10.2. The van der Waals surface area contributed by atoms with E-state index in [-0.39, 0.29) is 30.1 Å². The molecular weight excluding hydrogens is 488 g/mol. The van der Waals surface area contributed by atoms with Crippen molar-refractivity contribution in [1.29, 1.82) is 0 Å². The smallest absolute Gasteiger partial charge is 0.332 e. The average molecular weight is 505 g/mol. The first-order valence-corrected chi connectivity index (χ1v) is 11.2. The zero-order valence-corrected chi connectivity index (χ0v) is 19.0. The number of carbonyl (C=O) groups is 1. The first-order valence-electron chi connectivity index (χ1n) is 11.2. The van der Waals surface area contributed by atoms with Crippen LogP contribution in [-0.4, -0.2) is 21.8 Å². The van der Waals surface area contributed by atoms with Crippen molar-refractivity contribution in [3.8, 4) is 11.5 Å². The van der Waals surface area contributed by atoms with Gasteiger partial charge in [-0.15, -0.1) is 0 Å². The van der Waals surface area contributed by atoms with Crippen molar-refractivity contribution in [2.45, 2.75) is 13.1 Å². The predicted octanol–water partition coefficient (Wildman–Crippen LogP) is 3.60. The molecule has 0 spiro atoms. The molecule has 3 heterocycles. The first-order chi connectivity index (χ1) is 17.9. The van der Waals surface area contributed by atoms with Crippen molar-refractivity contribution in [2.24, 2.45) is 0 Å². The summed E-state index contributed by atoms with van der Waals surface area (Å²) in [6.45, 7) is -0.658. The lowest BCUT2D eigenvalue weighted by molar-refractivity contribution is -0.116. The standard InChI is InChI=1S/C26H17F2N3O6/c27-15-6-7-17(28)18(10-15)29-22(32)12-30-23-16-3-1-2-4-19(16)37-24(23)25(33)31(26(30)34)11-14-5-8-20-21(9-14)36-13-35-20/h1-10H,11-13H2,(H,29,32). The Kier molecular flexibility index (Phi) is 5.25. The number of para-hydroxylation sites is 1. The molecule has 6 rings (SSSR count). The number of anilines is 1. The number of nitrogens with zero attached hydrogens (tertiary/aromatic N) is 2. The van der Waals surface area contributed by atoms with Crippen molar-refractivity contribution in [1.82, 2.24) is 9.13 Å². The Bertz CT molecular complexity index is 1840. The number of amides is 1. The maximum absolute atomic E-state index is 14.1. The van der Waals surface area contributed by atoms with E-state index in [1.54, 1.807) is 42.5 Å². The van der Waals surface area contributed by atoms with Gasteiger partial charge >= 0.3 is 5.69 Å². The third kappa shape index (κ3) is 3.90. The molecule has 5 aromatic rings. The van der Waals surface area contributed by atoms with Crippen LogP contribution in [0.25, 0.3) is 22.1 Å². The number of halogens is 2. The Hall–Kier alpha value is -4.93. The summed E-state index contributed by atoms with van der Waals surface area (Å²) in [5.41, 5.74) is -0.899. The van der Waals surface area contributed by atoms with Crippen molar-refractivity contribution in [3.05, 3.63) is 98.7 Å². The van der Waals surface area contributed by atoms with Crippen molar-refractivity contribution < 1.29 is 27.5 Å². The zero-order valence-electron chi connectivity index (χ0n) is 19.0. The van der Waals surface area contributed by atoms with Crippen LogP contribution in [0.1, 0.15) is 5.56 Å². The Morgan fingerprint density at radius 1 is 0.946 bits per heavy atom. The van der Waals surface area contributed by atoms with Gasteiger partial charge in [-0.05, 0) is 42.0 Å². The summed E-state index contributed by atoms with van der Waals surface area (Å²) in [6, 6.07) is 14.3. The van der Waals surface area contributed by atoms with E-state index in [1.807, 2.05) is 0 Å². The van der Waals surface area contributed by atoms with E-state index in [1.165, 1.54) is 0 Å². The van der Waals surface area contributed by atoms with Crippen LogP contribution < -0.4 is 26.0 Å². The topological polar surface area (TPSA) is 105 Å². The highest BCUT2D eigenvalue weighted by Gasteiger charge is 2.22. The van der Waals surface area contributed by atoms with Gasteiger partial charge in [-0.1, -0.05) is 18.2 Å². The number of hydrogen-bond donors (Lipinski definition) is 1. The van der Waals surface area contributed by atoms with E-state index >= 15 is 0 Å². The van der Waals surface area contributed by atoms with Crippen LogP contribution in [0, 0.1) is 11.6 Å². The van der Waals surface area contributed by atoms with Crippen LogP contribution in [0.3, 0.4) is 0 Å². The fourth-order valence-corrected chi connectivity index (χ4v) is 4.33. The van der Waals surface area contributed by atoms with Gasteiger partial charge in [0.1, 0.15) is 29.3 Å². The van der Waals surface area contributed by atoms with Gasteiger partial charge in [-0.25, -0.2) is 13.6 Å². The summed E-state index contributed by atoms with van der Waals surface area (Å²) in [7, 11) is 0. The molecule has 0 fully saturated rings. The van der Waals surface area contributed by atoms with Crippen LogP contribution >= 0.6 is 0 Å². The fourth-order valence-electron chi connectivity index (χ4n) is 4.33. The van der Waals surface area contributed by atoms with Gasteiger partial charge in [-0.3, -0.25) is 18.7 Å². The summed E-state index contributed by atoms with van der Waals surface area (Å²) in [5, 5.41) is 2.73. The van der Waals surface area contributed by atoms with Gasteiger partial charge in [0.25, 0.3) is 5.56 Å². The molecule has 1 aliphatic rings. The van der Waals surface area contributed by atoms with E-state index in [2.05, 4.69) is 5.32 Å². The van der Waals surface area contributed by atoms with Gasteiger partial charge in [0.15, 0.2) is 11.5 Å². The highest BCUT2D eigenvalue weighted by atomic mass is 19.1. The Balaban J connectivity index is 1.47. The molecule has 1 aliphatic heterocycles. The summed E-state index contributed by atoms with van der Waals surface area (Å²) in [5.74, 6) is -1.36. The number of ether oxygens (including phenoxy) is 2. The molecule has 186 valence electrons. The van der Waals surface area contributed by atoms with Crippen LogP contribution in [-0.2, 0) is 17.9 Å². The fraction of sp³-hybridized carbons (Fsp3) is 0.115. The summed E-state index contributed by atoms with van der Waals surface area (Å²) < 4.78 is 46.2. The lowest BCUT2D eigenvalue weighted by Gasteiger charge is -2.13. The van der Waals surface area contributed by atoms with Crippen LogP contribution in [0.5, 0.6) is 11.5 Å². The van der Waals surface area contributed by atoms with Crippen molar-refractivity contribution in [3.63, 3.8) is 0 Å². The largest absolute Gasteiger partial charge is 0.454 e. The highest BCUT2D eigenvalue weighted by Crippen LogP contribution is 2.32. The van der Waals surface area contributed by atoms with Crippen molar-refractivity contribution >= 4 is 33.7 Å². The minimum atomic E-state index is -0.839. The molecule has 0 atom stereocenters. The maximum Gasteiger partial charge on any atom is 0.332 e. The van der Waals surface area contributed by atoms with Gasteiger partial charge in [0, 0.05) is 11.5 Å². The minimum Gasteiger partial charge on any atom is -0.454 e. The minimum absolute atomic E-state index is 0.0670. The number of benzene rings is 3. The van der Waals surface area contributed by atoms with Gasteiger partial charge in [0.05, 0.1) is 12.2 Å². The molecule has 0 saturated heterocycles. The lowest BCUT2D eigenvalue weighted by Crippen LogP contribution is -2.41. The molecule has 0 aliphatic carbocycles. The third-order valence-corrected chi connectivity index (χ3v) is 6.02. The van der Waals surface area contributed by atoms with Gasteiger partial charge in [-0.2, -0.15) is 0 Å². The molecule has 0 bridgehead atoms. The van der Waals surface area contributed by atoms with Crippen LogP contribution in [0.2, 0.25) is 0 Å². The average Bonchev–Trinajstić information content (AvgIpc) is 3.51. The molecule has 2 aromatic heterocycles. The second kappa shape index (κ2) is 8.63. The van der Waals surface area contributed by atoms with Crippen LogP contribution in [0.4, 0.5) is 14.5 Å². The number of hydrogen-bond acceptors (Lipinski definition) is 6. The quantitative estimate of drug-likeness (QED) is 0.392. The third-order valence-electron chi connectivity index (χ3n) is 6.02. The molecule has 3 aromatic carbocycles. The Morgan fingerprint density at radius 3 is 2.62 bits per heavy atom. The maximum atomic E-state index is 14.1. The second-order valence-electron chi connectivity index (χ2n) is 8.40. The number of rotatable bonds is 5. The molecule has 37 heavy (non-hydrogen) atoms. The van der Waals surface area contributed by atoms with Gasteiger partial charge in [0.2, 0.25) is 18.3 Å². The summed E-state index contributed by atoms with van der Waals surface area (Å²) in [4.78, 5) is 39.9. The number of aromatic nitrogens is 2. The number of carbonyl (C=O) groups excluding carboxylic acids is 1. The Morgan fingerprint density at radius 2 is 1.76 bits per heavy atom. The molecule has 1 amide bonds. The summed E-state index contributed by atoms with van der Waals surface area (Å²) in [6.07, 6.45) is 0. The van der Waals surface area contributed by atoms with E-state index < -0.39 is 35.3 Å². The Labute approximate surface area is 206 Å². The highest BCUT2D eigenvalue weighted by molar-refractivity contribution is 6.03. The van der Waals surface area contributed by atoms with E-state index in [9.17, 15) is 23.2 Å². The van der Waals surface area contributed by atoms with E-state index in [0.717, 1.165) is 27.3 Å². The SMILES string of the molecule is O=C(Cn1c(=O)n(Cc2ccc3c(c2)OCO3)c(=O)c2oc3ccccc3c21)Nc1cc(F)ccc1F. The number of furan rings is 1. The molecule has 9 nitrogen and oxygen atoms in total. The number of fused-ring (bicyclic) bond motifs is 4. The molecular formula is C26H17F2N3O6. The molecule has 11 heteroatoms. The second-order valence-corrected chi connectivity index (χ2v) is 8.40. The predicted molar refractivity (Wildman–Crippen MR) is 129 cm³/mol. The monoisotopic (exact) mass is 505 g/mol. The summed E-state index contributed by atoms with van der Waals surface area (Å²) >= 11 is 0. The zero-order chi connectivity index (χ0) is 25.7. The normalized spacial score (nSPS) is 12.4. The van der Waals surface area contributed by atoms with Crippen LogP contribution in [0.15, 0.2) is 74.7 Å². The van der Waals surface area contributed by atoms with E-state index in [0.29, 0.717) is 28.0 Å². The van der Waals surface area contributed by atoms with Gasteiger partial charge < -0.3 is 19.2 Å². The molecule has 0 saturated carbocycles. The molecule has 0 unspecified atom stereocenters. The van der Waals surface area contributed by atoms with Crippen molar-refractivity contribution in [2.75, 3.05) is 12.1 Å². The number of nitrogens with one attached hydrogen (secondary N) is 1. The van der Waals surface area contributed by atoms with E-state index in [4.69, 9.17) is 13.9 Å². The first kappa shape index (κ1) is 22.5.